The van der Waals surface area contributed by atoms with Crippen molar-refractivity contribution in [1.82, 2.24) is 4.57 Å². The molecule has 0 spiro atoms. The predicted octanol–water partition coefficient (Wildman–Crippen LogP) is 6.39. The van der Waals surface area contributed by atoms with Crippen molar-refractivity contribution in [2.24, 2.45) is 0 Å². The maximum absolute atomic E-state index is 2.36. The van der Waals surface area contributed by atoms with E-state index in [4.69, 9.17) is 0 Å². The minimum absolute atomic E-state index is 0. The number of nitrogens with zero attached hydrogens (tertiary/aromatic N) is 2. The lowest BCUT2D eigenvalue weighted by Gasteiger charge is -2.20. The highest BCUT2D eigenvalue weighted by Gasteiger charge is 2.29. The maximum atomic E-state index is 2.36. The van der Waals surface area contributed by atoms with Crippen LogP contribution in [-0.2, 0) is 0 Å². The molecule has 0 saturated heterocycles. The maximum Gasteiger partial charge on any atom is 0.245 e. The number of benzene rings is 6. The van der Waals surface area contributed by atoms with Gasteiger partial charge in [0.1, 0.15) is 12.4 Å². The van der Waals surface area contributed by atoms with Crippen molar-refractivity contribution in [2.75, 3.05) is 0 Å². The van der Waals surface area contributed by atoms with E-state index in [-0.39, 0.29) is 24.5 Å². The molecule has 3 heteroatoms. The molecule has 7 rings (SSSR count). The topological polar surface area (TPSA) is 8.81 Å². The van der Waals surface area contributed by atoms with Gasteiger partial charge in [-0.2, -0.15) is 0 Å². The first-order valence-electron chi connectivity index (χ1n) is 14.8. The lowest BCUT2D eigenvalue weighted by Crippen LogP contribution is -3.00. The Morgan fingerprint density at radius 2 is 0.864 bits per heavy atom. The van der Waals surface area contributed by atoms with Gasteiger partial charge in [0.05, 0.1) is 0 Å². The summed E-state index contributed by atoms with van der Waals surface area (Å²) in [7, 11) is 0. The van der Waals surface area contributed by atoms with Crippen LogP contribution in [0, 0.1) is 0 Å². The van der Waals surface area contributed by atoms with Gasteiger partial charge < -0.3 is 12.4 Å². The van der Waals surface area contributed by atoms with E-state index >= 15 is 0 Å². The molecule has 44 heavy (non-hydrogen) atoms. The van der Waals surface area contributed by atoms with E-state index in [0.717, 1.165) is 0 Å². The number of hydrogen-bond acceptors (Lipinski definition) is 0. The second-order valence-corrected chi connectivity index (χ2v) is 10.8. The third kappa shape index (κ3) is 5.86. The van der Waals surface area contributed by atoms with Crippen molar-refractivity contribution in [3.8, 4) is 22.3 Å². The summed E-state index contributed by atoms with van der Waals surface area (Å²) < 4.78 is 4.72. The predicted molar refractivity (Wildman–Crippen MR) is 176 cm³/mol. The van der Waals surface area contributed by atoms with Gasteiger partial charge in [0.25, 0.3) is 0 Å². The molecule has 0 aliphatic rings. The van der Waals surface area contributed by atoms with Gasteiger partial charge in [-0.3, -0.25) is 0 Å². The Morgan fingerprint density at radius 1 is 0.432 bits per heavy atom. The molecular weight excluding hydrogens is 556 g/mol. The average molecular weight is 589 g/mol. The normalized spacial score (nSPS) is 12.2. The summed E-state index contributed by atoms with van der Waals surface area (Å²) in [5, 5.41) is 0. The van der Waals surface area contributed by atoms with E-state index in [1.807, 2.05) is 0 Å². The third-order valence-corrected chi connectivity index (χ3v) is 8.18. The largest absolute Gasteiger partial charge is 1.00 e. The molecule has 2 nitrogen and oxygen atoms in total. The summed E-state index contributed by atoms with van der Waals surface area (Å²) in [5.74, 6) is 0. The fourth-order valence-electron chi connectivity index (χ4n) is 6.22. The van der Waals surface area contributed by atoms with Gasteiger partial charge in [0, 0.05) is 22.3 Å². The zero-order valence-electron chi connectivity index (χ0n) is 24.3. The van der Waals surface area contributed by atoms with E-state index in [0.29, 0.717) is 0 Å². The summed E-state index contributed by atoms with van der Waals surface area (Å²) in [6.07, 6.45) is 6.72. The summed E-state index contributed by atoms with van der Waals surface area (Å²) in [6.45, 7) is 0. The minimum atomic E-state index is -0.000327. The van der Waals surface area contributed by atoms with E-state index in [2.05, 4.69) is 198 Å². The van der Waals surface area contributed by atoms with Gasteiger partial charge >= 0.3 is 0 Å². The van der Waals surface area contributed by atoms with Crippen LogP contribution in [0.4, 0.5) is 0 Å². The zero-order chi connectivity index (χ0) is 28.8. The Kier molecular flexibility index (Phi) is 8.82. The fourth-order valence-corrected chi connectivity index (χ4v) is 6.22. The minimum Gasteiger partial charge on any atom is -1.00 e. The second-order valence-electron chi connectivity index (χ2n) is 10.8. The molecule has 7 aromatic rings. The fraction of sp³-hybridized carbons (Fsp3) is 0.0488. The van der Waals surface area contributed by atoms with Crippen LogP contribution in [0.3, 0.4) is 0 Å². The lowest BCUT2D eigenvalue weighted by molar-refractivity contribution is -0.704. The van der Waals surface area contributed by atoms with Crippen LogP contribution in [0.5, 0.6) is 0 Å². The van der Waals surface area contributed by atoms with Gasteiger partial charge in [-0.15, -0.1) is 0 Å². The molecule has 0 fully saturated rings. The number of hydrogen-bond donors (Lipinski definition) is 0. The highest BCUT2D eigenvalue weighted by Crippen LogP contribution is 2.36. The second kappa shape index (κ2) is 13.4. The van der Waals surface area contributed by atoms with E-state index < -0.39 is 0 Å². The number of imidazole rings is 1. The number of aromatic nitrogens is 2. The molecule has 2 atom stereocenters. The van der Waals surface area contributed by atoms with Gasteiger partial charge in [0.2, 0.25) is 6.33 Å². The highest BCUT2D eigenvalue weighted by molar-refractivity contribution is 5.69. The molecule has 0 aliphatic carbocycles. The quantitative estimate of drug-likeness (QED) is 0.182. The van der Waals surface area contributed by atoms with Crippen molar-refractivity contribution in [3.05, 3.63) is 211 Å². The Labute approximate surface area is 266 Å². The molecule has 6 aromatic carbocycles. The van der Waals surface area contributed by atoms with Gasteiger partial charge in [0.15, 0.2) is 12.1 Å². The van der Waals surface area contributed by atoms with Crippen molar-refractivity contribution < 1.29 is 17.0 Å². The van der Waals surface area contributed by atoms with Crippen LogP contribution < -0.4 is 17.0 Å². The smallest absolute Gasteiger partial charge is 0.245 e. The Balaban J connectivity index is 0.00000343. The van der Waals surface area contributed by atoms with Gasteiger partial charge in [-0.25, -0.2) is 9.13 Å². The summed E-state index contributed by atoms with van der Waals surface area (Å²) >= 11 is 0. The van der Waals surface area contributed by atoms with E-state index in [9.17, 15) is 0 Å². The first-order valence-corrected chi connectivity index (χ1v) is 14.8. The third-order valence-electron chi connectivity index (χ3n) is 8.18. The molecule has 0 bridgehead atoms. The first-order chi connectivity index (χ1) is 21.4. The standard InChI is InChI=1S/C41H33N2.ClH/c1-5-17-32(18-6-1)36-25-13-15-27-38(36)40(34-21-9-3-10-22-34)42-29-30-43(31-42)41(35-23-11-4-12-24-35)39-28-16-14-26-37(39)33-19-7-2-8-20-33;/h1-31,40-41H;1H/q+1;/p-1. The van der Waals surface area contributed by atoms with Crippen molar-refractivity contribution in [1.29, 1.82) is 0 Å². The van der Waals surface area contributed by atoms with Crippen LogP contribution in [-0.4, -0.2) is 4.57 Å². The highest BCUT2D eigenvalue weighted by atomic mass is 35.5. The van der Waals surface area contributed by atoms with Crippen molar-refractivity contribution in [2.45, 2.75) is 12.1 Å². The van der Waals surface area contributed by atoms with Crippen molar-refractivity contribution >= 4 is 0 Å². The lowest BCUT2D eigenvalue weighted by atomic mass is 9.90. The van der Waals surface area contributed by atoms with Gasteiger partial charge in [-0.05, 0) is 22.3 Å². The Hall–Kier alpha value is -5.18. The average Bonchev–Trinajstić information content (AvgIpc) is 3.56. The van der Waals surface area contributed by atoms with Crippen LogP contribution in [0.1, 0.15) is 34.3 Å². The monoisotopic (exact) mass is 588 g/mol. The zero-order valence-corrected chi connectivity index (χ0v) is 25.1. The van der Waals surface area contributed by atoms with Crippen molar-refractivity contribution in [3.63, 3.8) is 0 Å². The first kappa shape index (κ1) is 28.9. The van der Waals surface area contributed by atoms with E-state index in [1.165, 1.54) is 44.5 Å². The van der Waals surface area contributed by atoms with Crippen LogP contribution >= 0.6 is 0 Å². The Bertz CT molecular complexity index is 1780. The molecule has 214 valence electrons. The van der Waals surface area contributed by atoms with E-state index in [1.54, 1.807) is 0 Å². The van der Waals surface area contributed by atoms with Crippen LogP contribution in [0.25, 0.3) is 22.3 Å². The molecule has 0 saturated carbocycles. The summed E-state index contributed by atoms with van der Waals surface area (Å²) in [4.78, 5) is 0. The molecule has 0 aliphatic heterocycles. The molecule has 0 amide bonds. The number of halogens is 1. The summed E-state index contributed by atoms with van der Waals surface area (Å²) in [5.41, 5.74) is 9.95. The SMILES string of the molecule is [Cl-].c1ccc(-c2ccccc2C(c2ccccc2)n2cc[n+](C(c3ccccc3)c3ccccc3-c3ccccc3)c2)cc1. The Morgan fingerprint density at radius 3 is 1.43 bits per heavy atom. The molecule has 1 aromatic heterocycles. The van der Waals surface area contributed by atoms with Crippen LogP contribution in [0.2, 0.25) is 0 Å². The van der Waals surface area contributed by atoms with Gasteiger partial charge in [-0.1, -0.05) is 170 Å². The molecule has 0 N–H and O–H groups in total. The molecular formula is C41H33ClN2. The summed E-state index contributed by atoms with van der Waals surface area (Å²) in [6, 6.07) is 60.6. The molecule has 2 unspecified atom stereocenters. The molecule has 1 heterocycles. The van der Waals surface area contributed by atoms with Crippen LogP contribution in [0.15, 0.2) is 189 Å². The number of rotatable bonds is 8. The molecule has 0 radical (unpaired) electrons.